The van der Waals surface area contributed by atoms with Crippen LogP contribution in [0.4, 0.5) is 0 Å². The number of halogens is 1. The van der Waals surface area contributed by atoms with Crippen LogP contribution in [-0.2, 0) is 0 Å². The molecule has 1 aromatic heterocycles. The summed E-state index contributed by atoms with van der Waals surface area (Å²) in [7, 11) is 0. The zero-order chi connectivity index (χ0) is 22.6. The zero-order valence-electron chi connectivity index (χ0n) is 17.5. The zero-order valence-corrected chi connectivity index (χ0v) is 18.2. The largest absolute Gasteiger partial charge is 0.208 e. The minimum Gasteiger partial charge on any atom is -0.208 e. The predicted molar refractivity (Wildman–Crippen MR) is 131 cm³/mol. The second kappa shape index (κ2) is 9.04. The first-order chi connectivity index (χ1) is 16.2. The Hall–Kier alpha value is -4.33. The molecule has 5 heteroatoms. The third kappa shape index (κ3) is 4.50. The molecule has 33 heavy (non-hydrogen) atoms. The van der Waals surface area contributed by atoms with Gasteiger partial charge in [-0.3, -0.25) is 0 Å². The van der Waals surface area contributed by atoms with E-state index in [1.165, 1.54) is 0 Å². The molecule has 156 valence electrons. The summed E-state index contributed by atoms with van der Waals surface area (Å²) in [6.45, 7) is 0. The first kappa shape index (κ1) is 20.6. The maximum Gasteiger partial charge on any atom is 0.164 e. The molecule has 5 aromatic rings. The second-order valence-electron chi connectivity index (χ2n) is 7.45. The van der Waals surface area contributed by atoms with Crippen LogP contribution in [0.1, 0.15) is 5.56 Å². The second-order valence-corrected chi connectivity index (χ2v) is 7.89. The van der Waals surface area contributed by atoms with Crippen LogP contribution in [0.25, 0.3) is 45.3 Å². The molecule has 0 spiro atoms. The van der Waals surface area contributed by atoms with Crippen LogP contribution in [0.15, 0.2) is 103 Å². The van der Waals surface area contributed by atoms with Crippen LogP contribution in [0.3, 0.4) is 0 Å². The molecule has 0 radical (unpaired) electrons. The van der Waals surface area contributed by atoms with Gasteiger partial charge in [-0.25, -0.2) is 15.0 Å². The first-order valence-electron chi connectivity index (χ1n) is 10.4. The smallest absolute Gasteiger partial charge is 0.164 e. The summed E-state index contributed by atoms with van der Waals surface area (Å²) in [5, 5.41) is 9.80. The topological polar surface area (TPSA) is 62.5 Å². The van der Waals surface area contributed by atoms with Crippen LogP contribution in [-0.4, -0.2) is 15.0 Å². The van der Waals surface area contributed by atoms with Gasteiger partial charge in [0.2, 0.25) is 0 Å². The quantitative estimate of drug-likeness (QED) is 0.297. The van der Waals surface area contributed by atoms with E-state index >= 15 is 0 Å². The van der Waals surface area contributed by atoms with Gasteiger partial charge in [0.05, 0.1) is 11.6 Å². The molecule has 0 saturated carbocycles. The van der Waals surface area contributed by atoms with Crippen molar-refractivity contribution >= 4 is 11.6 Å². The van der Waals surface area contributed by atoms with Crippen molar-refractivity contribution in [2.45, 2.75) is 0 Å². The van der Waals surface area contributed by atoms with E-state index in [1.54, 1.807) is 6.07 Å². The van der Waals surface area contributed by atoms with Gasteiger partial charge in [0, 0.05) is 21.7 Å². The fraction of sp³-hybridized carbons (Fsp3) is 0. The van der Waals surface area contributed by atoms with Gasteiger partial charge in [-0.2, -0.15) is 5.26 Å². The highest BCUT2D eigenvalue weighted by Crippen LogP contribution is 2.28. The lowest BCUT2D eigenvalue weighted by molar-refractivity contribution is 1.07. The standard InChI is InChI=1S/C28H17ClN4/c29-25-11-5-10-24(17-25)28-32-26(21-7-2-1-3-8-21)31-27(33-28)22-14-12-20(13-15-22)23-9-4-6-19(16-23)18-30/h1-17H. The average Bonchev–Trinajstić information content (AvgIpc) is 2.89. The maximum absolute atomic E-state index is 9.18. The van der Waals surface area contributed by atoms with E-state index in [-0.39, 0.29) is 0 Å². The lowest BCUT2D eigenvalue weighted by atomic mass is 10.0. The minimum atomic E-state index is 0.562. The predicted octanol–water partition coefficient (Wildman–Crippen LogP) is 7.06. The van der Waals surface area contributed by atoms with E-state index < -0.39 is 0 Å². The van der Waals surface area contributed by atoms with Crippen molar-refractivity contribution in [2.24, 2.45) is 0 Å². The highest BCUT2D eigenvalue weighted by molar-refractivity contribution is 6.30. The summed E-state index contributed by atoms with van der Waals surface area (Å²) < 4.78 is 0. The molecule has 0 aliphatic rings. The Balaban J connectivity index is 1.60. The molecule has 0 aliphatic heterocycles. The molecular weight excluding hydrogens is 428 g/mol. The van der Waals surface area contributed by atoms with E-state index in [1.807, 2.05) is 97.1 Å². The average molecular weight is 445 g/mol. The lowest BCUT2D eigenvalue weighted by Crippen LogP contribution is -2.00. The normalized spacial score (nSPS) is 10.5. The Labute approximate surface area is 196 Å². The number of benzene rings is 4. The fourth-order valence-corrected chi connectivity index (χ4v) is 3.75. The van der Waals surface area contributed by atoms with Crippen LogP contribution in [0, 0.1) is 11.3 Å². The minimum absolute atomic E-state index is 0.562. The maximum atomic E-state index is 9.18. The molecule has 0 fully saturated rings. The molecule has 0 saturated heterocycles. The molecule has 4 nitrogen and oxygen atoms in total. The number of rotatable bonds is 4. The summed E-state index contributed by atoms with van der Waals surface area (Å²) in [6.07, 6.45) is 0. The molecule has 0 N–H and O–H groups in total. The van der Waals surface area contributed by atoms with E-state index in [0.29, 0.717) is 28.1 Å². The summed E-state index contributed by atoms with van der Waals surface area (Å²) in [4.78, 5) is 14.2. The van der Waals surface area contributed by atoms with Crippen LogP contribution < -0.4 is 0 Å². The molecule has 0 bridgehead atoms. The molecule has 5 rings (SSSR count). The van der Waals surface area contributed by atoms with Crippen molar-refractivity contribution in [3.63, 3.8) is 0 Å². The Bertz CT molecular complexity index is 1470. The van der Waals surface area contributed by atoms with Gasteiger partial charge in [0.25, 0.3) is 0 Å². The summed E-state index contributed by atoms with van der Waals surface area (Å²) in [6, 6.07) is 35.1. The van der Waals surface area contributed by atoms with Crippen molar-refractivity contribution in [1.29, 1.82) is 5.26 Å². The van der Waals surface area contributed by atoms with Gasteiger partial charge in [-0.1, -0.05) is 90.5 Å². The van der Waals surface area contributed by atoms with E-state index in [0.717, 1.165) is 27.8 Å². The number of hydrogen-bond donors (Lipinski definition) is 0. The van der Waals surface area contributed by atoms with E-state index in [4.69, 9.17) is 26.6 Å². The van der Waals surface area contributed by atoms with Crippen LogP contribution in [0.5, 0.6) is 0 Å². The summed E-state index contributed by atoms with van der Waals surface area (Å²) in [5.41, 5.74) is 5.25. The number of nitriles is 1. The Morgan fingerprint density at radius 1 is 0.515 bits per heavy atom. The molecule has 0 amide bonds. The Morgan fingerprint density at radius 3 is 1.73 bits per heavy atom. The third-order valence-electron chi connectivity index (χ3n) is 5.22. The van der Waals surface area contributed by atoms with Gasteiger partial charge < -0.3 is 0 Å². The van der Waals surface area contributed by atoms with Gasteiger partial charge in [0.15, 0.2) is 17.5 Å². The number of aromatic nitrogens is 3. The third-order valence-corrected chi connectivity index (χ3v) is 5.45. The van der Waals surface area contributed by atoms with Crippen molar-refractivity contribution in [3.05, 3.63) is 114 Å². The van der Waals surface area contributed by atoms with Gasteiger partial charge >= 0.3 is 0 Å². The van der Waals surface area contributed by atoms with Crippen molar-refractivity contribution in [1.82, 2.24) is 15.0 Å². The van der Waals surface area contributed by atoms with E-state index in [2.05, 4.69) is 6.07 Å². The van der Waals surface area contributed by atoms with Crippen molar-refractivity contribution in [3.8, 4) is 51.4 Å². The highest BCUT2D eigenvalue weighted by Gasteiger charge is 2.12. The first-order valence-corrected chi connectivity index (χ1v) is 10.8. The molecule has 4 aromatic carbocycles. The van der Waals surface area contributed by atoms with Crippen LogP contribution >= 0.6 is 11.6 Å². The molecule has 1 heterocycles. The number of nitrogens with zero attached hydrogens (tertiary/aromatic N) is 4. The number of hydrogen-bond acceptors (Lipinski definition) is 4. The van der Waals surface area contributed by atoms with Crippen molar-refractivity contribution < 1.29 is 0 Å². The lowest BCUT2D eigenvalue weighted by Gasteiger charge is -2.09. The summed E-state index contributed by atoms with van der Waals surface area (Å²) in [5.74, 6) is 1.74. The molecular formula is C28H17ClN4. The van der Waals surface area contributed by atoms with Gasteiger partial charge in [-0.15, -0.1) is 0 Å². The Kier molecular flexibility index (Phi) is 5.63. The van der Waals surface area contributed by atoms with Gasteiger partial charge in [0.1, 0.15) is 0 Å². The van der Waals surface area contributed by atoms with Crippen molar-refractivity contribution in [2.75, 3.05) is 0 Å². The van der Waals surface area contributed by atoms with Crippen LogP contribution in [0.2, 0.25) is 5.02 Å². The molecule has 0 atom stereocenters. The fourth-order valence-electron chi connectivity index (χ4n) is 3.56. The Morgan fingerprint density at radius 2 is 1.06 bits per heavy atom. The summed E-state index contributed by atoms with van der Waals surface area (Å²) >= 11 is 6.21. The SMILES string of the molecule is N#Cc1cccc(-c2ccc(-c3nc(-c4ccccc4)nc(-c4cccc(Cl)c4)n3)cc2)c1. The monoisotopic (exact) mass is 444 g/mol. The van der Waals surface area contributed by atoms with Gasteiger partial charge in [-0.05, 0) is 35.4 Å². The molecule has 0 unspecified atom stereocenters. The highest BCUT2D eigenvalue weighted by atomic mass is 35.5. The van der Waals surface area contributed by atoms with E-state index in [9.17, 15) is 5.26 Å². The molecule has 0 aliphatic carbocycles.